The first-order chi connectivity index (χ1) is 7.64. The molecule has 0 spiro atoms. The Balaban J connectivity index is 1.97. The molecular weight excluding hydrogens is 266 g/mol. The van der Waals surface area contributed by atoms with Gasteiger partial charge in [0, 0.05) is 39.3 Å². The third-order valence-electron chi connectivity index (χ3n) is 3.03. The maximum absolute atomic E-state index is 12.2. The topological polar surface area (TPSA) is 43.9 Å². The average molecular weight is 283 g/mol. The highest BCUT2D eigenvalue weighted by Crippen LogP contribution is 2.21. The van der Waals surface area contributed by atoms with Crippen LogP contribution in [-0.2, 0) is 10.2 Å². The Bertz CT molecular complexity index is 321. The fraction of sp³-hybridized carbons (Fsp3) is 1.00. The zero-order chi connectivity index (χ0) is 11.6. The molecule has 0 saturated carbocycles. The van der Waals surface area contributed by atoms with Gasteiger partial charge in [0.05, 0.1) is 0 Å². The van der Waals surface area contributed by atoms with Crippen molar-refractivity contribution in [2.24, 2.45) is 0 Å². The van der Waals surface area contributed by atoms with E-state index in [0.717, 1.165) is 25.9 Å². The molecule has 94 valence electrons. The van der Waals surface area contributed by atoms with Crippen LogP contribution in [0.25, 0.3) is 0 Å². The Morgan fingerprint density at radius 1 is 0.875 bits per heavy atom. The van der Waals surface area contributed by atoms with Crippen molar-refractivity contribution in [3.8, 4) is 0 Å². The first kappa shape index (κ1) is 13.0. The smallest absolute Gasteiger partial charge is 0.239 e. The highest BCUT2D eigenvalue weighted by Gasteiger charge is 2.33. The number of hydrogen-bond acceptors (Lipinski definition) is 5. The lowest BCUT2D eigenvalue weighted by Crippen LogP contribution is -2.50. The summed E-state index contributed by atoms with van der Waals surface area (Å²) in [6.45, 7) is 4.02. The molecule has 0 atom stereocenters. The van der Waals surface area contributed by atoms with Crippen LogP contribution in [0, 0.1) is 0 Å². The number of thiol groups is 1. The normalized spacial score (nSPS) is 26.3. The van der Waals surface area contributed by atoms with Gasteiger partial charge < -0.3 is 0 Å². The highest BCUT2D eigenvalue weighted by molar-refractivity contribution is 8.67. The largest absolute Gasteiger partial charge is 0.282 e. The van der Waals surface area contributed by atoms with Gasteiger partial charge in [0.2, 0.25) is 0 Å². The lowest BCUT2D eigenvalue weighted by Gasteiger charge is -2.34. The van der Waals surface area contributed by atoms with Crippen molar-refractivity contribution in [3.63, 3.8) is 0 Å². The number of rotatable bonds is 3. The first-order valence-electron chi connectivity index (χ1n) is 5.46. The highest BCUT2D eigenvalue weighted by atomic mass is 33.1. The van der Waals surface area contributed by atoms with E-state index in [1.165, 1.54) is 11.0 Å². The van der Waals surface area contributed by atoms with Gasteiger partial charge >= 0.3 is 0 Å². The molecule has 16 heavy (non-hydrogen) atoms. The Labute approximate surface area is 106 Å². The van der Waals surface area contributed by atoms with Crippen LogP contribution in [0.15, 0.2) is 0 Å². The van der Waals surface area contributed by atoms with Crippen LogP contribution in [0.3, 0.4) is 0 Å². The van der Waals surface area contributed by atoms with Crippen LogP contribution >= 0.6 is 22.6 Å². The molecular formula is C8H17N3O2S3. The van der Waals surface area contributed by atoms with Crippen LogP contribution in [0.5, 0.6) is 0 Å². The number of hydrogen-bond donors (Lipinski definition) is 1. The summed E-state index contributed by atoms with van der Waals surface area (Å²) >= 11 is 4.12. The maximum Gasteiger partial charge on any atom is 0.282 e. The minimum absolute atomic E-state index is 0.576. The second-order valence-electron chi connectivity index (χ2n) is 4.02. The number of nitrogens with zero attached hydrogens (tertiary/aromatic N) is 3. The Morgan fingerprint density at radius 3 is 1.88 bits per heavy atom. The van der Waals surface area contributed by atoms with E-state index in [0.29, 0.717) is 26.2 Å². The van der Waals surface area contributed by atoms with E-state index in [-0.39, 0.29) is 0 Å². The van der Waals surface area contributed by atoms with E-state index < -0.39 is 10.2 Å². The van der Waals surface area contributed by atoms with Crippen molar-refractivity contribution in [3.05, 3.63) is 0 Å². The SMILES string of the molecule is O=S(=O)(N1CCCC1)N1CCN(SS)CC1. The third-order valence-corrected chi connectivity index (χ3v) is 6.36. The molecule has 0 aromatic heterocycles. The molecule has 0 unspecified atom stereocenters. The predicted octanol–water partition coefficient (Wildman–Crippen LogP) is 0.438. The van der Waals surface area contributed by atoms with E-state index in [4.69, 9.17) is 0 Å². The van der Waals surface area contributed by atoms with Gasteiger partial charge in [-0.2, -0.15) is 17.0 Å². The first-order valence-corrected chi connectivity index (χ1v) is 8.68. The minimum Gasteiger partial charge on any atom is -0.239 e. The Morgan fingerprint density at radius 2 is 1.38 bits per heavy atom. The van der Waals surface area contributed by atoms with Gasteiger partial charge in [0.25, 0.3) is 10.2 Å². The molecule has 5 nitrogen and oxygen atoms in total. The van der Waals surface area contributed by atoms with Gasteiger partial charge in [-0.05, 0) is 23.8 Å². The standard InChI is InChI=1S/C8H17N3O2S3/c12-16(13,10-3-1-2-4-10)11-7-5-9(15-14)6-8-11/h14H,1-8H2. The average Bonchev–Trinajstić information content (AvgIpc) is 2.83. The van der Waals surface area contributed by atoms with E-state index in [1.807, 2.05) is 0 Å². The molecule has 2 heterocycles. The van der Waals surface area contributed by atoms with Crippen molar-refractivity contribution in [1.29, 1.82) is 0 Å². The lowest BCUT2D eigenvalue weighted by molar-refractivity contribution is 0.273. The molecule has 2 rings (SSSR count). The molecule has 2 aliphatic rings. The van der Waals surface area contributed by atoms with Crippen LogP contribution in [0.4, 0.5) is 0 Å². The summed E-state index contributed by atoms with van der Waals surface area (Å²) in [6.07, 6.45) is 1.98. The van der Waals surface area contributed by atoms with Crippen molar-refractivity contribution in [2.75, 3.05) is 39.3 Å². The minimum atomic E-state index is -3.19. The summed E-state index contributed by atoms with van der Waals surface area (Å²) in [4.78, 5) is 0. The molecule has 0 radical (unpaired) electrons. The summed E-state index contributed by atoms with van der Waals surface area (Å²) in [5.41, 5.74) is 0. The molecule has 0 amide bonds. The number of piperazine rings is 1. The maximum atomic E-state index is 12.2. The molecule has 8 heteroatoms. The van der Waals surface area contributed by atoms with Crippen LogP contribution in [-0.4, -0.2) is 60.6 Å². The molecule has 2 saturated heterocycles. The molecule has 0 bridgehead atoms. The summed E-state index contributed by atoms with van der Waals surface area (Å²) in [7, 11) is -1.80. The molecule has 0 N–H and O–H groups in total. The zero-order valence-electron chi connectivity index (χ0n) is 9.08. The van der Waals surface area contributed by atoms with E-state index >= 15 is 0 Å². The van der Waals surface area contributed by atoms with Gasteiger partial charge in [-0.25, -0.2) is 4.31 Å². The Kier molecular flexibility index (Phi) is 4.42. The summed E-state index contributed by atoms with van der Waals surface area (Å²) in [6, 6.07) is 0. The van der Waals surface area contributed by atoms with E-state index in [1.54, 1.807) is 8.61 Å². The second kappa shape index (κ2) is 5.45. The molecule has 0 aromatic carbocycles. The zero-order valence-corrected chi connectivity index (χ0v) is 11.6. The second-order valence-corrected chi connectivity index (χ2v) is 7.12. The van der Waals surface area contributed by atoms with E-state index in [9.17, 15) is 8.42 Å². The fourth-order valence-corrected chi connectivity index (χ4v) is 4.55. The Hall–Kier alpha value is 0.530. The summed E-state index contributed by atoms with van der Waals surface area (Å²) < 4.78 is 29.7. The van der Waals surface area contributed by atoms with Crippen LogP contribution in [0.1, 0.15) is 12.8 Å². The van der Waals surface area contributed by atoms with Gasteiger partial charge in [0.1, 0.15) is 0 Å². The van der Waals surface area contributed by atoms with Gasteiger partial charge in [-0.1, -0.05) is 11.7 Å². The monoisotopic (exact) mass is 283 g/mol. The third kappa shape index (κ3) is 2.68. The quantitative estimate of drug-likeness (QED) is 0.464. The summed E-state index contributed by atoms with van der Waals surface area (Å²) in [5.74, 6) is 0. The summed E-state index contributed by atoms with van der Waals surface area (Å²) in [5, 5.41) is 0. The van der Waals surface area contributed by atoms with Crippen molar-refractivity contribution >= 4 is 32.9 Å². The van der Waals surface area contributed by atoms with Crippen molar-refractivity contribution in [2.45, 2.75) is 12.8 Å². The predicted molar refractivity (Wildman–Crippen MR) is 69.4 cm³/mol. The van der Waals surface area contributed by atoms with Crippen LogP contribution in [0.2, 0.25) is 0 Å². The fourth-order valence-electron chi connectivity index (χ4n) is 2.06. The molecule has 2 aliphatic heterocycles. The van der Waals surface area contributed by atoms with Crippen LogP contribution < -0.4 is 0 Å². The van der Waals surface area contributed by atoms with E-state index in [2.05, 4.69) is 16.0 Å². The van der Waals surface area contributed by atoms with Gasteiger partial charge in [-0.15, -0.1) is 0 Å². The molecule has 0 aliphatic carbocycles. The lowest BCUT2D eigenvalue weighted by atomic mass is 10.4. The van der Waals surface area contributed by atoms with Crippen molar-refractivity contribution in [1.82, 2.24) is 12.9 Å². The van der Waals surface area contributed by atoms with Gasteiger partial charge in [-0.3, -0.25) is 0 Å². The molecule has 0 aromatic rings. The van der Waals surface area contributed by atoms with Crippen molar-refractivity contribution < 1.29 is 8.42 Å². The van der Waals surface area contributed by atoms with Gasteiger partial charge in [0.15, 0.2) is 0 Å². The molecule has 2 fully saturated rings.